The second-order valence-corrected chi connectivity index (χ2v) is 4.53. The number of hydrogen-bond donors (Lipinski definition) is 0. The molecule has 0 spiro atoms. The summed E-state index contributed by atoms with van der Waals surface area (Å²) in [6, 6.07) is 0.588. The predicted molar refractivity (Wildman–Crippen MR) is 64.1 cm³/mol. The van der Waals surface area contributed by atoms with Crippen LogP contribution in [0.4, 0.5) is 0 Å². The van der Waals surface area contributed by atoms with Crippen LogP contribution in [0, 0.1) is 12.3 Å². The Morgan fingerprint density at radius 1 is 1.20 bits per heavy atom. The summed E-state index contributed by atoms with van der Waals surface area (Å²) in [5, 5.41) is 0. The molecule has 0 radical (unpaired) electrons. The summed E-state index contributed by atoms with van der Waals surface area (Å²) < 4.78 is 0. The van der Waals surface area contributed by atoms with E-state index in [1.54, 1.807) is 0 Å². The first kappa shape index (κ1) is 12.5. The zero-order valence-corrected chi connectivity index (χ0v) is 10.2. The smallest absolute Gasteiger partial charge is 0.0622 e. The van der Waals surface area contributed by atoms with Crippen LogP contribution >= 0.6 is 0 Å². The maximum Gasteiger partial charge on any atom is 0.0622 e. The van der Waals surface area contributed by atoms with Gasteiger partial charge < -0.3 is 0 Å². The third-order valence-corrected chi connectivity index (χ3v) is 2.75. The van der Waals surface area contributed by atoms with E-state index in [1.807, 2.05) is 0 Å². The minimum Gasteiger partial charge on any atom is -0.277 e. The molecule has 3 heteroatoms. The van der Waals surface area contributed by atoms with Crippen LogP contribution in [0.25, 0.3) is 0 Å². The molecule has 0 aromatic carbocycles. The SMILES string of the molecule is C#CCN1CN(CCC)CN(C(C)C)C1. The maximum absolute atomic E-state index is 5.37. The van der Waals surface area contributed by atoms with Crippen LogP contribution in [0.15, 0.2) is 0 Å². The van der Waals surface area contributed by atoms with Crippen LogP contribution in [0.2, 0.25) is 0 Å². The number of terminal acetylenes is 1. The molecule has 0 amide bonds. The van der Waals surface area contributed by atoms with Crippen molar-refractivity contribution in [2.24, 2.45) is 0 Å². The van der Waals surface area contributed by atoms with Gasteiger partial charge in [-0.05, 0) is 20.3 Å². The van der Waals surface area contributed by atoms with Crippen molar-refractivity contribution in [2.45, 2.75) is 33.2 Å². The van der Waals surface area contributed by atoms with Crippen LogP contribution in [-0.4, -0.2) is 53.8 Å². The van der Waals surface area contributed by atoms with Crippen molar-refractivity contribution in [1.29, 1.82) is 0 Å². The third kappa shape index (κ3) is 3.83. The molecule has 0 atom stereocenters. The number of rotatable bonds is 4. The second-order valence-electron chi connectivity index (χ2n) is 4.53. The van der Waals surface area contributed by atoms with Crippen molar-refractivity contribution >= 4 is 0 Å². The molecule has 86 valence electrons. The Morgan fingerprint density at radius 2 is 1.87 bits per heavy atom. The molecule has 1 aliphatic heterocycles. The normalized spacial score (nSPS) is 20.7. The average molecular weight is 209 g/mol. The minimum absolute atomic E-state index is 0.588. The van der Waals surface area contributed by atoms with Gasteiger partial charge in [0.2, 0.25) is 0 Å². The van der Waals surface area contributed by atoms with Crippen LogP contribution in [-0.2, 0) is 0 Å². The van der Waals surface area contributed by atoms with Gasteiger partial charge in [-0.3, -0.25) is 14.7 Å². The first-order chi connectivity index (χ1) is 7.17. The van der Waals surface area contributed by atoms with E-state index in [-0.39, 0.29) is 0 Å². The van der Waals surface area contributed by atoms with E-state index in [0.717, 1.165) is 33.1 Å². The molecule has 0 bridgehead atoms. The fourth-order valence-corrected chi connectivity index (χ4v) is 1.94. The van der Waals surface area contributed by atoms with Gasteiger partial charge in [0.25, 0.3) is 0 Å². The van der Waals surface area contributed by atoms with Gasteiger partial charge in [0.05, 0.1) is 26.6 Å². The van der Waals surface area contributed by atoms with Crippen molar-refractivity contribution in [2.75, 3.05) is 33.1 Å². The standard InChI is InChI=1S/C12H23N3/c1-5-7-13-9-14(8-6-2)11-15(10-13)12(3)4/h1,12H,6-11H2,2-4H3. The monoisotopic (exact) mass is 209 g/mol. The Bertz CT molecular complexity index is 219. The maximum atomic E-state index is 5.37. The summed E-state index contributed by atoms with van der Waals surface area (Å²) in [5.74, 6) is 2.73. The average Bonchev–Trinajstić information content (AvgIpc) is 2.18. The molecule has 15 heavy (non-hydrogen) atoms. The van der Waals surface area contributed by atoms with E-state index in [0.29, 0.717) is 6.04 Å². The highest BCUT2D eigenvalue weighted by molar-refractivity contribution is 4.89. The van der Waals surface area contributed by atoms with Crippen molar-refractivity contribution in [3.63, 3.8) is 0 Å². The quantitative estimate of drug-likeness (QED) is 0.645. The van der Waals surface area contributed by atoms with Gasteiger partial charge in [-0.1, -0.05) is 12.8 Å². The Hall–Kier alpha value is -0.560. The number of nitrogens with zero attached hydrogens (tertiary/aromatic N) is 3. The Morgan fingerprint density at radius 3 is 2.40 bits per heavy atom. The summed E-state index contributed by atoms with van der Waals surface area (Å²) in [6.07, 6.45) is 6.58. The van der Waals surface area contributed by atoms with E-state index in [9.17, 15) is 0 Å². The van der Waals surface area contributed by atoms with Crippen LogP contribution in [0.5, 0.6) is 0 Å². The lowest BCUT2D eigenvalue weighted by atomic mass is 10.3. The molecule has 0 aromatic rings. The van der Waals surface area contributed by atoms with E-state index >= 15 is 0 Å². The molecule has 3 nitrogen and oxygen atoms in total. The van der Waals surface area contributed by atoms with Gasteiger partial charge >= 0.3 is 0 Å². The summed E-state index contributed by atoms with van der Waals surface area (Å²) in [7, 11) is 0. The number of hydrogen-bond acceptors (Lipinski definition) is 3. The molecule has 1 aliphatic rings. The first-order valence-corrected chi connectivity index (χ1v) is 5.79. The van der Waals surface area contributed by atoms with Crippen LogP contribution in [0.3, 0.4) is 0 Å². The van der Waals surface area contributed by atoms with E-state index in [4.69, 9.17) is 6.42 Å². The zero-order chi connectivity index (χ0) is 11.3. The van der Waals surface area contributed by atoms with Crippen molar-refractivity contribution < 1.29 is 0 Å². The lowest BCUT2D eigenvalue weighted by Crippen LogP contribution is -2.56. The summed E-state index contributed by atoms with van der Waals surface area (Å²) in [4.78, 5) is 7.23. The molecule has 1 saturated heterocycles. The van der Waals surface area contributed by atoms with Crippen molar-refractivity contribution in [3.05, 3.63) is 0 Å². The van der Waals surface area contributed by atoms with Gasteiger partial charge in [0.1, 0.15) is 0 Å². The lowest BCUT2D eigenvalue weighted by molar-refractivity contribution is -0.0375. The topological polar surface area (TPSA) is 9.72 Å². The fraction of sp³-hybridized carbons (Fsp3) is 0.833. The molecule has 1 rings (SSSR count). The predicted octanol–water partition coefficient (Wildman–Crippen LogP) is 1.23. The highest BCUT2D eigenvalue weighted by atomic mass is 15.5. The molecule has 1 heterocycles. The zero-order valence-electron chi connectivity index (χ0n) is 10.2. The summed E-state index contributed by atoms with van der Waals surface area (Å²) in [5.41, 5.74) is 0. The minimum atomic E-state index is 0.588. The Labute approximate surface area is 94.0 Å². The molecule has 0 aromatic heterocycles. The van der Waals surface area contributed by atoms with Crippen LogP contribution < -0.4 is 0 Å². The Kier molecular flexibility index (Phi) is 5.10. The highest BCUT2D eigenvalue weighted by Gasteiger charge is 2.23. The highest BCUT2D eigenvalue weighted by Crippen LogP contribution is 2.10. The lowest BCUT2D eigenvalue weighted by Gasteiger charge is -2.43. The van der Waals surface area contributed by atoms with Gasteiger partial charge in [0.15, 0.2) is 0 Å². The molecular formula is C12H23N3. The molecule has 1 fully saturated rings. The molecule has 0 N–H and O–H groups in total. The largest absolute Gasteiger partial charge is 0.277 e. The van der Waals surface area contributed by atoms with E-state index < -0.39 is 0 Å². The second kappa shape index (κ2) is 6.12. The Balaban J connectivity index is 2.52. The third-order valence-electron chi connectivity index (χ3n) is 2.75. The van der Waals surface area contributed by atoms with Crippen molar-refractivity contribution in [3.8, 4) is 12.3 Å². The molecule has 0 unspecified atom stereocenters. The van der Waals surface area contributed by atoms with Gasteiger partial charge in [-0.15, -0.1) is 6.42 Å². The fourth-order valence-electron chi connectivity index (χ4n) is 1.94. The van der Waals surface area contributed by atoms with Crippen LogP contribution in [0.1, 0.15) is 27.2 Å². The summed E-state index contributed by atoms with van der Waals surface area (Å²) >= 11 is 0. The van der Waals surface area contributed by atoms with Gasteiger partial charge in [0, 0.05) is 12.6 Å². The molecule has 0 aliphatic carbocycles. The van der Waals surface area contributed by atoms with Gasteiger partial charge in [-0.2, -0.15) is 0 Å². The molecule has 0 saturated carbocycles. The summed E-state index contributed by atoms with van der Waals surface area (Å²) in [6.45, 7) is 11.7. The van der Waals surface area contributed by atoms with Gasteiger partial charge in [-0.25, -0.2) is 0 Å². The first-order valence-electron chi connectivity index (χ1n) is 5.79. The van der Waals surface area contributed by atoms with E-state index in [1.165, 1.54) is 6.42 Å². The van der Waals surface area contributed by atoms with E-state index in [2.05, 4.69) is 41.4 Å². The molecular weight excluding hydrogens is 186 g/mol. The van der Waals surface area contributed by atoms with Crippen molar-refractivity contribution in [1.82, 2.24) is 14.7 Å².